The van der Waals surface area contributed by atoms with Crippen molar-refractivity contribution in [2.24, 2.45) is 16.8 Å². The number of nitrogens with zero attached hydrogens (tertiary/aromatic N) is 2. The highest BCUT2D eigenvalue weighted by molar-refractivity contribution is 7.20. The summed E-state index contributed by atoms with van der Waals surface area (Å²) >= 11 is 1.25. The summed E-state index contributed by atoms with van der Waals surface area (Å²) in [4.78, 5) is 14.4. The monoisotopic (exact) mass is 309 g/mol. The third kappa shape index (κ3) is 3.30. The Bertz CT molecular complexity index is 699. The van der Waals surface area contributed by atoms with Gasteiger partial charge in [0.2, 0.25) is 0 Å². The molecular weight excluding hydrogens is 293 g/mol. The molecule has 21 heavy (non-hydrogen) atoms. The van der Waals surface area contributed by atoms with Gasteiger partial charge in [0, 0.05) is 24.2 Å². The van der Waals surface area contributed by atoms with E-state index in [-0.39, 0.29) is 23.5 Å². The number of carbonyl (C=O) groups excluding carboxylic acids is 1. The molecule has 7 heteroatoms. The van der Waals surface area contributed by atoms with Gasteiger partial charge in [-0.1, -0.05) is 18.1 Å². The van der Waals surface area contributed by atoms with Crippen LogP contribution in [0.5, 0.6) is 0 Å². The normalized spacial score (nSPS) is 13.4. The molecule has 0 fully saturated rings. The second-order valence-electron chi connectivity index (χ2n) is 4.90. The Balaban J connectivity index is 2.17. The summed E-state index contributed by atoms with van der Waals surface area (Å²) in [6, 6.07) is 6.17. The lowest BCUT2D eigenvalue weighted by Crippen LogP contribution is -2.36. The van der Waals surface area contributed by atoms with Crippen molar-refractivity contribution < 1.29 is 14.4 Å². The molecule has 2 aromatic rings. The first kappa shape index (κ1) is 15.2. The minimum Gasteiger partial charge on any atom is -0.409 e. The summed E-state index contributed by atoms with van der Waals surface area (Å²) in [6.07, 6.45) is 0. The fourth-order valence-electron chi connectivity index (χ4n) is 1.98. The van der Waals surface area contributed by atoms with E-state index in [2.05, 4.69) is 5.16 Å². The minimum atomic E-state index is -0.322. The van der Waals surface area contributed by atoms with E-state index in [0.29, 0.717) is 11.4 Å². The number of fused-ring (bicyclic) bond motifs is 1. The number of nitrogens with two attached hydrogens (primary N) is 1. The number of halogens is 1. The van der Waals surface area contributed by atoms with Crippen LogP contribution in [0.15, 0.2) is 29.4 Å². The Morgan fingerprint density at radius 3 is 2.90 bits per heavy atom. The molecule has 0 spiro atoms. The van der Waals surface area contributed by atoms with Crippen molar-refractivity contribution in [1.29, 1.82) is 0 Å². The van der Waals surface area contributed by atoms with E-state index >= 15 is 0 Å². The van der Waals surface area contributed by atoms with Crippen LogP contribution in [-0.4, -0.2) is 35.4 Å². The molecule has 0 aliphatic carbocycles. The van der Waals surface area contributed by atoms with Gasteiger partial charge in [-0.3, -0.25) is 4.79 Å². The Kier molecular flexibility index (Phi) is 4.42. The predicted octanol–water partition coefficient (Wildman–Crippen LogP) is 2.49. The molecule has 1 aromatic heterocycles. The Morgan fingerprint density at radius 2 is 2.24 bits per heavy atom. The van der Waals surface area contributed by atoms with Crippen molar-refractivity contribution in [2.75, 3.05) is 13.6 Å². The molecule has 3 N–H and O–H groups in total. The van der Waals surface area contributed by atoms with Gasteiger partial charge in [-0.05, 0) is 23.6 Å². The molecule has 0 aliphatic heterocycles. The molecule has 112 valence electrons. The Morgan fingerprint density at radius 1 is 1.52 bits per heavy atom. The van der Waals surface area contributed by atoms with Gasteiger partial charge in [-0.2, -0.15) is 0 Å². The predicted molar refractivity (Wildman–Crippen MR) is 81.3 cm³/mol. The summed E-state index contributed by atoms with van der Waals surface area (Å²) in [7, 11) is 1.65. The van der Waals surface area contributed by atoms with Gasteiger partial charge < -0.3 is 15.8 Å². The average Bonchev–Trinajstić information content (AvgIpc) is 2.88. The smallest absolute Gasteiger partial charge is 0.263 e. The first-order chi connectivity index (χ1) is 9.92. The van der Waals surface area contributed by atoms with Crippen molar-refractivity contribution in [3.05, 3.63) is 35.0 Å². The lowest BCUT2D eigenvalue weighted by molar-refractivity contribution is 0.0791. The van der Waals surface area contributed by atoms with Crippen molar-refractivity contribution in [2.45, 2.75) is 6.92 Å². The molecule has 0 radical (unpaired) electrons. The molecule has 0 saturated carbocycles. The molecule has 2 rings (SSSR count). The number of benzene rings is 1. The second-order valence-corrected chi connectivity index (χ2v) is 5.99. The van der Waals surface area contributed by atoms with E-state index in [1.54, 1.807) is 26.1 Å². The quantitative estimate of drug-likeness (QED) is 0.394. The summed E-state index contributed by atoms with van der Waals surface area (Å²) in [6.45, 7) is 2.09. The molecule has 0 aliphatic rings. The minimum absolute atomic E-state index is 0.0769. The molecule has 0 saturated heterocycles. The van der Waals surface area contributed by atoms with Crippen LogP contribution in [0, 0.1) is 11.7 Å². The molecule has 1 atom stereocenters. The van der Waals surface area contributed by atoms with Crippen LogP contribution in [-0.2, 0) is 0 Å². The maximum absolute atomic E-state index is 13.2. The highest BCUT2D eigenvalue weighted by Crippen LogP contribution is 2.27. The fourth-order valence-corrected chi connectivity index (χ4v) is 3.07. The first-order valence-corrected chi connectivity index (χ1v) is 7.16. The lowest BCUT2D eigenvalue weighted by atomic mass is 10.1. The SMILES string of the molecule is CC(CN(C)C(=O)c1cc2ccc(F)cc2s1)/C(N)=N/O. The van der Waals surface area contributed by atoms with Gasteiger partial charge in [-0.25, -0.2) is 4.39 Å². The van der Waals surface area contributed by atoms with Crippen molar-refractivity contribution in [1.82, 2.24) is 4.90 Å². The van der Waals surface area contributed by atoms with Crippen molar-refractivity contribution >= 4 is 33.2 Å². The standard InChI is InChI=1S/C14H16FN3O2S/c1-8(13(16)17-20)7-18(2)14(19)12-5-9-3-4-10(15)6-11(9)21-12/h3-6,8,20H,7H2,1-2H3,(H2,16,17). The van der Waals surface area contributed by atoms with Gasteiger partial charge in [-0.15, -0.1) is 11.3 Å². The largest absolute Gasteiger partial charge is 0.409 e. The van der Waals surface area contributed by atoms with Crippen LogP contribution in [0.25, 0.3) is 10.1 Å². The maximum atomic E-state index is 13.2. The van der Waals surface area contributed by atoms with Crippen molar-refractivity contribution in [3.63, 3.8) is 0 Å². The van der Waals surface area contributed by atoms with E-state index in [0.717, 1.165) is 10.1 Å². The number of hydrogen-bond donors (Lipinski definition) is 2. The van der Waals surface area contributed by atoms with Crippen LogP contribution >= 0.6 is 11.3 Å². The first-order valence-electron chi connectivity index (χ1n) is 6.34. The van der Waals surface area contributed by atoms with Gasteiger partial charge in [0.25, 0.3) is 5.91 Å². The zero-order chi connectivity index (χ0) is 15.6. The Hall–Kier alpha value is -2.15. The van der Waals surface area contributed by atoms with Crippen molar-refractivity contribution in [3.8, 4) is 0 Å². The lowest BCUT2D eigenvalue weighted by Gasteiger charge is -2.20. The number of thiophene rings is 1. The average molecular weight is 309 g/mol. The van der Waals surface area contributed by atoms with E-state index in [1.807, 2.05) is 0 Å². The fraction of sp³-hybridized carbons (Fsp3) is 0.286. The van der Waals surface area contributed by atoms with Gasteiger partial charge in [0.05, 0.1) is 4.88 Å². The zero-order valence-electron chi connectivity index (χ0n) is 11.7. The van der Waals surface area contributed by atoms with Crippen LogP contribution in [0.4, 0.5) is 4.39 Å². The second kappa shape index (κ2) is 6.09. The number of amidine groups is 1. The molecule has 0 bridgehead atoms. The molecular formula is C14H16FN3O2S. The third-order valence-corrected chi connectivity index (χ3v) is 4.29. The molecule has 1 amide bonds. The van der Waals surface area contributed by atoms with Crippen LogP contribution in [0.1, 0.15) is 16.6 Å². The topological polar surface area (TPSA) is 78.9 Å². The van der Waals surface area contributed by atoms with Crippen LogP contribution in [0.2, 0.25) is 0 Å². The maximum Gasteiger partial charge on any atom is 0.263 e. The highest BCUT2D eigenvalue weighted by atomic mass is 32.1. The zero-order valence-corrected chi connectivity index (χ0v) is 12.5. The summed E-state index contributed by atoms with van der Waals surface area (Å²) in [5, 5.41) is 12.4. The third-order valence-electron chi connectivity index (χ3n) is 3.21. The van der Waals surface area contributed by atoms with Gasteiger partial charge >= 0.3 is 0 Å². The van der Waals surface area contributed by atoms with E-state index in [9.17, 15) is 9.18 Å². The van der Waals surface area contributed by atoms with E-state index in [1.165, 1.54) is 28.4 Å². The summed E-state index contributed by atoms with van der Waals surface area (Å²) in [5.41, 5.74) is 5.50. The number of carbonyl (C=O) groups is 1. The number of amides is 1. The molecule has 1 aromatic carbocycles. The van der Waals surface area contributed by atoms with E-state index in [4.69, 9.17) is 10.9 Å². The molecule has 5 nitrogen and oxygen atoms in total. The van der Waals surface area contributed by atoms with Gasteiger partial charge in [0.15, 0.2) is 0 Å². The number of oxime groups is 1. The Labute approximate surface area is 125 Å². The summed E-state index contributed by atoms with van der Waals surface area (Å²) in [5.74, 6) is -0.671. The van der Waals surface area contributed by atoms with E-state index < -0.39 is 0 Å². The molecule has 1 heterocycles. The van der Waals surface area contributed by atoms with Gasteiger partial charge in [0.1, 0.15) is 11.7 Å². The molecule has 1 unspecified atom stereocenters. The highest BCUT2D eigenvalue weighted by Gasteiger charge is 2.18. The van der Waals surface area contributed by atoms with Crippen LogP contribution < -0.4 is 5.73 Å². The number of rotatable bonds is 4. The number of hydrogen-bond acceptors (Lipinski definition) is 4. The van der Waals surface area contributed by atoms with Crippen LogP contribution in [0.3, 0.4) is 0 Å². The summed E-state index contributed by atoms with van der Waals surface area (Å²) < 4.78 is 13.9.